The van der Waals surface area contributed by atoms with Gasteiger partial charge in [0.05, 0.1) is 15.1 Å². The summed E-state index contributed by atoms with van der Waals surface area (Å²) in [6.07, 6.45) is 1.70. The zero-order valence-corrected chi connectivity index (χ0v) is 11.3. The molecule has 0 aliphatic carbocycles. The summed E-state index contributed by atoms with van der Waals surface area (Å²) in [6, 6.07) is 11.5. The predicted octanol–water partition coefficient (Wildman–Crippen LogP) is 4.22. The molecule has 2 nitrogen and oxygen atoms in total. The second-order valence-corrected chi connectivity index (χ2v) is 4.58. The molecule has 2 aromatic rings. The summed E-state index contributed by atoms with van der Waals surface area (Å²) in [6.45, 7) is 0. The molecule has 0 aliphatic heterocycles. The van der Waals surface area contributed by atoms with Gasteiger partial charge in [0.2, 0.25) is 0 Å². The highest BCUT2D eigenvalue weighted by Gasteiger charge is 2.02. The number of halogens is 2. The predicted molar refractivity (Wildman–Crippen MR) is 73.0 cm³/mol. The third-order valence-electron chi connectivity index (χ3n) is 1.99. The Morgan fingerprint density at radius 3 is 2.81 bits per heavy atom. The number of rotatable bonds is 3. The molecule has 16 heavy (non-hydrogen) atoms. The van der Waals surface area contributed by atoms with Crippen LogP contribution in [0.25, 0.3) is 0 Å². The van der Waals surface area contributed by atoms with Crippen LogP contribution in [0.3, 0.4) is 0 Å². The van der Waals surface area contributed by atoms with Crippen LogP contribution >= 0.6 is 34.2 Å². The molecule has 82 valence electrons. The molecular weight excluding hydrogens is 336 g/mol. The number of aromatic nitrogens is 1. The highest BCUT2D eigenvalue weighted by molar-refractivity contribution is 14.1. The van der Waals surface area contributed by atoms with Crippen LogP contribution in [0.2, 0.25) is 0 Å². The molecule has 0 radical (unpaired) electrons. The molecule has 0 amide bonds. The lowest BCUT2D eigenvalue weighted by Gasteiger charge is -2.07. The Morgan fingerprint density at radius 1 is 1.25 bits per heavy atom. The number of para-hydroxylation sites is 1. The number of alkyl halides is 1. The van der Waals surface area contributed by atoms with Gasteiger partial charge in [-0.1, -0.05) is 12.1 Å². The Hall–Kier alpha value is -0.810. The molecule has 0 bridgehead atoms. The first kappa shape index (κ1) is 11.7. The maximum absolute atomic E-state index is 5.75. The van der Waals surface area contributed by atoms with Crippen LogP contribution in [0.5, 0.6) is 11.5 Å². The normalized spacial score (nSPS) is 10.1. The van der Waals surface area contributed by atoms with Crippen LogP contribution in [-0.2, 0) is 5.88 Å². The number of hydrogen-bond donors (Lipinski definition) is 0. The number of nitrogens with zero attached hydrogens (tertiary/aromatic N) is 1. The average molecular weight is 346 g/mol. The van der Waals surface area contributed by atoms with Gasteiger partial charge >= 0.3 is 0 Å². The second-order valence-electron chi connectivity index (χ2n) is 3.15. The minimum absolute atomic E-state index is 0.392. The second kappa shape index (κ2) is 5.50. The van der Waals surface area contributed by atoms with Crippen molar-refractivity contribution in [3.05, 3.63) is 51.9 Å². The fraction of sp³-hybridized carbons (Fsp3) is 0.0833. The van der Waals surface area contributed by atoms with E-state index >= 15 is 0 Å². The van der Waals surface area contributed by atoms with Crippen LogP contribution in [-0.4, -0.2) is 4.98 Å². The van der Waals surface area contributed by atoms with Gasteiger partial charge < -0.3 is 4.74 Å². The maximum Gasteiger partial charge on any atom is 0.140 e. The van der Waals surface area contributed by atoms with E-state index in [1.54, 1.807) is 6.20 Å². The van der Waals surface area contributed by atoms with Gasteiger partial charge in [-0.2, -0.15) is 0 Å². The minimum atomic E-state index is 0.392. The molecule has 1 heterocycles. The van der Waals surface area contributed by atoms with Crippen molar-refractivity contribution >= 4 is 34.2 Å². The average Bonchev–Trinajstić information content (AvgIpc) is 2.32. The largest absolute Gasteiger partial charge is 0.456 e. The standard InChI is InChI=1S/C12H9ClINO/c13-8-9-7-10(5-6-15-9)16-12-4-2-1-3-11(12)14/h1-7H,8H2. The van der Waals surface area contributed by atoms with Crippen LogP contribution in [0.15, 0.2) is 42.6 Å². The van der Waals surface area contributed by atoms with Crippen LogP contribution in [0.1, 0.15) is 5.69 Å². The van der Waals surface area contributed by atoms with Crippen LogP contribution in [0, 0.1) is 3.57 Å². The van der Waals surface area contributed by atoms with Gasteiger partial charge in [0.25, 0.3) is 0 Å². The quantitative estimate of drug-likeness (QED) is 0.614. The monoisotopic (exact) mass is 345 g/mol. The molecule has 0 aliphatic rings. The van der Waals surface area contributed by atoms with Crippen LogP contribution < -0.4 is 4.74 Å². The van der Waals surface area contributed by atoms with Gasteiger partial charge in [-0.15, -0.1) is 11.6 Å². The number of hydrogen-bond acceptors (Lipinski definition) is 2. The fourth-order valence-electron chi connectivity index (χ4n) is 1.25. The summed E-state index contributed by atoms with van der Waals surface area (Å²) in [4.78, 5) is 4.11. The number of pyridine rings is 1. The first-order valence-corrected chi connectivity index (χ1v) is 6.34. The van der Waals surface area contributed by atoms with E-state index in [0.717, 1.165) is 20.8 Å². The van der Waals surface area contributed by atoms with Crippen molar-refractivity contribution in [1.82, 2.24) is 4.98 Å². The van der Waals surface area contributed by atoms with Gasteiger partial charge in [0.15, 0.2) is 0 Å². The van der Waals surface area contributed by atoms with Crippen molar-refractivity contribution in [2.75, 3.05) is 0 Å². The Balaban J connectivity index is 2.24. The van der Waals surface area contributed by atoms with Gasteiger partial charge in [-0.25, -0.2) is 0 Å². The molecular formula is C12H9ClINO. The van der Waals surface area contributed by atoms with Crippen molar-refractivity contribution in [2.24, 2.45) is 0 Å². The van der Waals surface area contributed by atoms with E-state index in [0.29, 0.717) is 5.88 Å². The van der Waals surface area contributed by atoms with Gasteiger partial charge in [-0.3, -0.25) is 4.98 Å². The lowest BCUT2D eigenvalue weighted by Crippen LogP contribution is -1.90. The third kappa shape index (κ3) is 2.86. The summed E-state index contributed by atoms with van der Waals surface area (Å²) in [5, 5.41) is 0. The van der Waals surface area contributed by atoms with E-state index in [-0.39, 0.29) is 0 Å². The molecule has 0 N–H and O–H groups in total. The number of ether oxygens (including phenoxy) is 1. The van der Waals surface area contributed by atoms with Crippen molar-refractivity contribution in [1.29, 1.82) is 0 Å². The van der Waals surface area contributed by atoms with Crippen LogP contribution in [0.4, 0.5) is 0 Å². The smallest absolute Gasteiger partial charge is 0.140 e. The van der Waals surface area contributed by atoms with Gasteiger partial charge in [-0.05, 0) is 40.8 Å². The molecule has 0 fully saturated rings. The zero-order chi connectivity index (χ0) is 11.4. The van der Waals surface area contributed by atoms with Gasteiger partial charge in [0, 0.05) is 12.3 Å². The number of benzene rings is 1. The van der Waals surface area contributed by atoms with E-state index in [2.05, 4.69) is 27.6 Å². The molecule has 4 heteroatoms. The van der Waals surface area contributed by atoms with E-state index in [4.69, 9.17) is 16.3 Å². The Morgan fingerprint density at radius 2 is 2.06 bits per heavy atom. The first-order valence-electron chi connectivity index (χ1n) is 4.73. The van der Waals surface area contributed by atoms with Crippen molar-refractivity contribution < 1.29 is 4.74 Å². The van der Waals surface area contributed by atoms with Crippen molar-refractivity contribution in [3.63, 3.8) is 0 Å². The zero-order valence-electron chi connectivity index (χ0n) is 8.36. The minimum Gasteiger partial charge on any atom is -0.456 e. The SMILES string of the molecule is ClCc1cc(Oc2ccccc2I)ccn1. The van der Waals surface area contributed by atoms with E-state index < -0.39 is 0 Å². The fourth-order valence-corrected chi connectivity index (χ4v) is 1.89. The third-order valence-corrected chi connectivity index (χ3v) is 3.15. The van der Waals surface area contributed by atoms with E-state index in [1.165, 1.54) is 0 Å². The van der Waals surface area contributed by atoms with Crippen molar-refractivity contribution in [3.8, 4) is 11.5 Å². The Bertz CT molecular complexity index is 490. The van der Waals surface area contributed by atoms with Crippen molar-refractivity contribution in [2.45, 2.75) is 5.88 Å². The lowest BCUT2D eigenvalue weighted by molar-refractivity contribution is 0.478. The highest BCUT2D eigenvalue weighted by atomic mass is 127. The lowest BCUT2D eigenvalue weighted by atomic mass is 10.3. The summed E-state index contributed by atoms with van der Waals surface area (Å²) in [5.74, 6) is 1.99. The summed E-state index contributed by atoms with van der Waals surface area (Å²) >= 11 is 7.95. The summed E-state index contributed by atoms with van der Waals surface area (Å²) in [5.41, 5.74) is 0.810. The molecule has 1 aromatic heterocycles. The molecule has 2 rings (SSSR count). The molecule has 0 unspecified atom stereocenters. The summed E-state index contributed by atoms with van der Waals surface area (Å²) in [7, 11) is 0. The summed E-state index contributed by atoms with van der Waals surface area (Å²) < 4.78 is 6.82. The highest BCUT2D eigenvalue weighted by Crippen LogP contribution is 2.26. The molecule has 1 aromatic carbocycles. The molecule has 0 saturated heterocycles. The molecule has 0 spiro atoms. The van der Waals surface area contributed by atoms with E-state index in [1.807, 2.05) is 36.4 Å². The topological polar surface area (TPSA) is 22.1 Å². The van der Waals surface area contributed by atoms with E-state index in [9.17, 15) is 0 Å². The van der Waals surface area contributed by atoms with Gasteiger partial charge in [0.1, 0.15) is 11.5 Å². The Labute approximate surface area is 113 Å². The Kier molecular flexibility index (Phi) is 4.01. The first-order chi connectivity index (χ1) is 7.79. The molecule has 0 saturated carbocycles. The maximum atomic E-state index is 5.75. The molecule has 0 atom stereocenters.